The first kappa shape index (κ1) is 25.7. The molecule has 1 rings (SSSR count). The third kappa shape index (κ3) is 10.9. The molecular formula is C21H34N6O4. The van der Waals surface area contributed by atoms with Gasteiger partial charge in [0.2, 0.25) is 5.91 Å². The highest BCUT2D eigenvalue weighted by Gasteiger charge is 2.24. The molecule has 1 aromatic carbocycles. The van der Waals surface area contributed by atoms with Crippen molar-refractivity contribution in [1.82, 2.24) is 21.3 Å². The molecule has 0 heterocycles. The Hall–Kier alpha value is -3.30. The fraction of sp³-hybridized carbons (Fsp3) is 0.524. The second-order valence-corrected chi connectivity index (χ2v) is 8.64. The highest BCUT2D eigenvalue weighted by molar-refractivity contribution is 5.96. The summed E-state index contributed by atoms with van der Waals surface area (Å²) in [5.41, 5.74) is 5.25. The topological polar surface area (TPSA) is 147 Å². The van der Waals surface area contributed by atoms with Crippen LogP contribution < -0.4 is 27.0 Å². The van der Waals surface area contributed by atoms with Crippen LogP contribution >= 0.6 is 0 Å². The van der Waals surface area contributed by atoms with E-state index in [0.717, 1.165) is 5.56 Å². The second-order valence-electron chi connectivity index (χ2n) is 8.64. The first-order valence-corrected chi connectivity index (χ1v) is 9.92. The number of aliphatic imine (C=N–C) groups is 1. The minimum absolute atomic E-state index is 0.205. The van der Waals surface area contributed by atoms with E-state index in [9.17, 15) is 14.4 Å². The number of nitrogens with two attached hydrogens (primary N) is 1. The van der Waals surface area contributed by atoms with Crippen molar-refractivity contribution >= 4 is 23.9 Å². The molecule has 10 nitrogen and oxygen atoms in total. The molecule has 0 aliphatic carbocycles. The van der Waals surface area contributed by atoms with Crippen LogP contribution in [0.25, 0.3) is 0 Å². The molecule has 0 saturated carbocycles. The molecule has 172 valence electrons. The first-order chi connectivity index (χ1) is 14.3. The molecule has 0 aliphatic heterocycles. The zero-order valence-corrected chi connectivity index (χ0v) is 19.1. The molecule has 0 aliphatic rings. The van der Waals surface area contributed by atoms with Crippen molar-refractivity contribution < 1.29 is 19.1 Å². The summed E-state index contributed by atoms with van der Waals surface area (Å²) in [4.78, 5) is 38.8. The summed E-state index contributed by atoms with van der Waals surface area (Å²) in [6.07, 6.45) is -0.484. The Kier molecular flexibility index (Phi) is 9.29. The molecule has 0 unspecified atom stereocenters. The maximum absolute atomic E-state index is 12.0. The summed E-state index contributed by atoms with van der Waals surface area (Å²) >= 11 is 0. The zero-order valence-electron chi connectivity index (χ0n) is 19.1. The van der Waals surface area contributed by atoms with E-state index in [1.165, 1.54) is 0 Å². The van der Waals surface area contributed by atoms with Crippen molar-refractivity contribution in [2.45, 2.75) is 52.3 Å². The number of nitrogens with zero attached hydrogens (tertiary/aromatic N) is 1. The first-order valence-electron chi connectivity index (χ1n) is 9.92. The molecule has 0 saturated heterocycles. The Balaban J connectivity index is 2.52. The number of primary amides is 1. The predicted molar refractivity (Wildman–Crippen MR) is 120 cm³/mol. The Morgan fingerprint density at radius 1 is 1.00 bits per heavy atom. The van der Waals surface area contributed by atoms with Gasteiger partial charge in [0.05, 0.1) is 12.1 Å². The molecular weight excluding hydrogens is 400 g/mol. The Labute approximate surface area is 183 Å². The molecule has 0 aromatic heterocycles. The molecule has 6 N–H and O–H groups in total. The minimum Gasteiger partial charge on any atom is -0.444 e. The Morgan fingerprint density at radius 3 is 2.13 bits per heavy atom. The van der Waals surface area contributed by atoms with Crippen LogP contribution in [0.15, 0.2) is 29.3 Å². The number of hydrogen-bond donors (Lipinski definition) is 5. The van der Waals surface area contributed by atoms with Crippen LogP contribution in [0.2, 0.25) is 0 Å². The van der Waals surface area contributed by atoms with E-state index in [1.807, 2.05) is 34.6 Å². The predicted octanol–water partition coefficient (Wildman–Crippen LogP) is 0.870. The zero-order chi connectivity index (χ0) is 23.7. The van der Waals surface area contributed by atoms with Crippen LogP contribution in [0.3, 0.4) is 0 Å². The lowest BCUT2D eigenvalue weighted by Crippen LogP contribution is -2.54. The van der Waals surface area contributed by atoms with Crippen molar-refractivity contribution in [3.63, 3.8) is 0 Å². The smallest absolute Gasteiger partial charge is 0.408 e. The minimum atomic E-state index is -0.600. The summed E-state index contributed by atoms with van der Waals surface area (Å²) in [7, 11) is 1.65. The van der Waals surface area contributed by atoms with Gasteiger partial charge >= 0.3 is 6.09 Å². The van der Waals surface area contributed by atoms with Crippen LogP contribution in [0.1, 0.15) is 50.5 Å². The van der Waals surface area contributed by atoms with Gasteiger partial charge in [0.1, 0.15) is 5.60 Å². The van der Waals surface area contributed by atoms with E-state index in [1.54, 1.807) is 31.3 Å². The van der Waals surface area contributed by atoms with Gasteiger partial charge in [0.15, 0.2) is 5.96 Å². The molecule has 31 heavy (non-hydrogen) atoms. The number of rotatable bonds is 8. The van der Waals surface area contributed by atoms with Gasteiger partial charge in [-0.15, -0.1) is 0 Å². The van der Waals surface area contributed by atoms with Gasteiger partial charge < -0.3 is 31.7 Å². The van der Waals surface area contributed by atoms with Crippen LogP contribution in [0, 0.1) is 0 Å². The average Bonchev–Trinajstić information content (AvgIpc) is 2.64. The third-order valence-corrected chi connectivity index (χ3v) is 3.86. The summed E-state index contributed by atoms with van der Waals surface area (Å²) in [6.45, 7) is 9.87. The SMILES string of the molecule is CN=C(NCc1ccc(C(=O)NCC(N)=O)cc1)NCC(C)(C)NC(=O)OC(C)(C)C. The van der Waals surface area contributed by atoms with Gasteiger partial charge in [0.25, 0.3) is 5.91 Å². The number of amides is 3. The average molecular weight is 435 g/mol. The molecule has 10 heteroatoms. The molecule has 0 bridgehead atoms. The van der Waals surface area contributed by atoms with Crippen molar-refractivity contribution in [1.29, 1.82) is 0 Å². The lowest BCUT2D eigenvalue weighted by atomic mass is 10.1. The fourth-order valence-corrected chi connectivity index (χ4v) is 2.38. The van der Waals surface area contributed by atoms with Crippen molar-refractivity contribution in [3.8, 4) is 0 Å². The number of benzene rings is 1. The highest BCUT2D eigenvalue weighted by Crippen LogP contribution is 2.09. The summed E-state index contributed by atoms with van der Waals surface area (Å²) in [5.74, 6) is -0.407. The van der Waals surface area contributed by atoms with Crippen molar-refractivity contribution in [2.24, 2.45) is 10.7 Å². The number of alkyl carbamates (subject to hydrolysis) is 1. The molecule has 0 fully saturated rings. The van der Waals surface area contributed by atoms with Gasteiger partial charge in [-0.25, -0.2) is 4.79 Å². The Bertz CT molecular complexity index is 797. The highest BCUT2D eigenvalue weighted by atomic mass is 16.6. The number of carbonyl (C=O) groups is 3. The standard InChI is InChI=1S/C21H34N6O4/c1-20(2,3)31-19(30)27-21(4,5)13-26-18(23-6)25-11-14-7-9-15(10-8-14)17(29)24-12-16(22)28/h7-10H,11-13H2,1-6H3,(H2,22,28)(H,24,29)(H,27,30)(H2,23,25,26). The number of hydrogen-bond acceptors (Lipinski definition) is 5. The lowest BCUT2D eigenvalue weighted by molar-refractivity contribution is -0.117. The monoisotopic (exact) mass is 434 g/mol. The maximum atomic E-state index is 12.0. The van der Waals surface area contributed by atoms with Gasteiger partial charge in [0, 0.05) is 25.7 Å². The fourth-order valence-electron chi connectivity index (χ4n) is 2.38. The van der Waals surface area contributed by atoms with E-state index in [2.05, 4.69) is 26.3 Å². The number of ether oxygens (including phenoxy) is 1. The molecule has 1 aromatic rings. The van der Waals surface area contributed by atoms with Gasteiger partial charge in [-0.1, -0.05) is 12.1 Å². The molecule has 3 amide bonds. The van der Waals surface area contributed by atoms with Crippen LogP contribution in [-0.4, -0.2) is 55.1 Å². The van der Waals surface area contributed by atoms with E-state index in [-0.39, 0.29) is 12.5 Å². The summed E-state index contributed by atoms with van der Waals surface area (Å²) in [6, 6.07) is 6.93. The van der Waals surface area contributed by atoms with E-state index in [0.29, 0.717) is 24.6 Å². The Morgan fingerprint density at radius 2 is 1.61 bits per heavy atom. The summed E-state index contributed by atoms with van der Waals surface area (Å²) < 4.78 is 5.29. The number of carbonyl (C=O) groups excluding carboxylic acids is 3. The quantitative estimate of drug-likeness (QED) is 0.303. The van der Waals surface area contributed by atoms with E-state index in [4.69, 9.17) is 10.5 Å². The lowest BCUT2D eigenvalue weighted by Gasteiger charge is -2.29. The van der Waals surface area contributed by atoms with Gasteiger partial charge in [-0.05, 0) is 52.3 Å². The number of nitrogens with one attached hydrogen (secondary N) is 4. The third-order valence-electron chi connectivity index (χ3n) is 3.86. The van der Waals surface area contributed by atoms with Crippen LogP contribution in [-0.2, 0) is 16.1 Å². The number of guanidine groups is 1. The van der Waals surface area contributed by atoms with Crippen molar-refractivity contribution in [3.05, 3.63) is 35.4 Å². The normalized spacial score (nSPS) is 12.0. The maximum Gasteiger partial charge on any atom is 0.408 e. The van der Waals surface area contributed by atoms with Crippen LogP contribution in [0.5, 0.6) is 0 Å². The summed E-state index contributed by atoms with van der Waals surface area (Å²) in [5, 5.41) is 11.6. The van der Waals surface area contributed by atoms with E-state index < -0.39 is 23.1 Å². The van der Waals surface area contributed by atoms with Gasteiger partial charge in [-0.2, -0.15) is 0 Å². The van der Waals surface area contributed by atoms with Crippen LogP contribution in [0.4, 0.5) is 4.79 Å². The second kappa shape index (κ2) is 11.2. The van der Waals surface area contributed by atoms with E-state index >= 15 is 0 Å². The molecule has 0 radical (unpaired) electrons. The van der Waals surface area contributed by atoms with Crippen molar-refractivity contribution in [2.75, 3.05) is 20.1 Å². The molecule has 0 atom stereocenters. The van der Waals surface area contributed by atoms with Gasteiger partial charge in [-0.3, -0.25) is 14.6 Å². The largest absolute Gasteiger partial charge is 0.444 e. The molecule has 0 spiro atoms.